The lowest BCUT2D eigenvalue weighted by molar-refractivity contribution is -0.154. The summed E-state index contributed by atoms with van der Waals surface area (Å²) >= 11 is 2.19. The number of carbonyl (C=O) groups is 2. The molecule has 0 aliphatic rings. The van der Waals surface area contributed by atoms with Crippen molar-refractivity contribution in [1.82, 2.24) is 4.68 Å². The zero-order valence-corrected chi connectivity index (χ0v) is 16.8. The number of fused-ring (bicyclic) bond motifs is 1. The third kappa shape index (κ3) is 4.33. The monoisotopic (exact) mass is 456 g/mol. The molecule has 6 nitrogen and oxygen atoms in total. The number of aromatic nitrogens is 1. The van der Waals surface area contributed by atoms with Crippen LogP contribution in [0, 0.1) is 3.57 Å². The van der Waals surface area contributed by atoms with Gasteiger partial charge in [0.25, 0.3) is 0 Å². The fourth-order valence-electron chi connectivity index (χ4n) is 2.29. The predicted octanol–water partition coefficient (Wildman–Crippen LogP) is 3.47. The Morgan fingerprint density at radius 2 is 2.04 bits per heavy atom. The molecular weight excluding hydrogens is 435 g/mol. The first kappa shape index (κ1) is 19.3. The van der Waals surface area contributed by atoms with Crippen LogP contribution in [0.3, 0.4) is 0 Å². The van der Waals surface area contributed by atoms with Crippen molar-refractivity contribution in [3.63, 3.8) is 0 Å². The first-order chi connectivity index (χ1) is 11.7. The molecule has 0 aliphatic carbocycles. The van der Waals surface area contributed by atoms with Crippen LogP contribution in [0.4, 0.5) is 0 Å². The lowest BCUT2D eigenvalue weighted by Gasteiger charge is -2.24. The van der Waals surface area contributed by atoms with Crippen molar-refractivity contribution in [1.29, 1.82) is 0 Å². The van der Waals surface area contributed by atoms with Crippen molar-refractivity contribution >= 4 is 45.4 Å². The highest BCUT2D eigenvalue weighted by molar-refractivity contribution is 14.1. The van der Waals surface area contributed by atoms with E-state index in [-0.39, 0.29) is 5.69 Å². The SMILES string of the molecule is C=CC(Nn1c(C(=O)OC)cc2c(I)cccc21)C(=O)OC(C)(C)C. The van der Waals surface area contributed by atoms with Crippen LogP contribution in [0.5, 0.6) is 0 Å². The summed E-state index contributed by atoms with van der Waals surface area (Å²) in [5, 5.41) is 0.878. The summed E-state index contributed by atoms with van der Waals surface area (Å²) in [6.07, 6.45) is 1.44. The number of carbonyl (C=O) groups excluding carboxylic acids is 2. The van der Waals surface area contributed by atoms with E-state index in [0.717, 1.165) is 14.5 Å². The van der Waals surface area contributed by atoms with Crippen LogP contribution in [0.15, 0.2) is 36.9 Å². The number of nitrogens with one attached hydrogen (secondary N) is 1. The van der Waals surface area contributed by atoms with Gasteiger partial charge in [0.05, 0.1) is 12.6 Å². The molecule has 1 unspecified atom stereocenters. The molecule has 1 atom stereocenters. The number of methoxy groups -OCH3 is 1. The first-order valence-electron chi connectivity index (χ1n) is 7.68. The third-order valence-corrected chi connectivity index (χ3v) is 4.29. The standard InChI is InChI=1S/C18H21IN2O4/c1-6-13(16(22)25-18(2,3)4)20-21-14-9-7-8-12(19)11(14)10-15(21)17(23)24-5/h6-10,13,20H,1H2,2-5H3. The average Bonchev–Trinajstić information content (AvgIpc) is 2.90. The van der Waals surface area contributed by atoms with Crippen molar-refractivity contribution < 1.29 is 19.1 Å². The van der Waals surface area contributed by atoms with E-state index in [1.165, 1.54) is 13.2 Å². The van der Waals surface area contributed by atoms with Crippen LogP contribution in [0.25, 0.3) is 10.9 Å². The fourth-order valence-corrected chi connectivity index (χ4v) is 2.93. The minimum absolute atomic E-state index is 0.289. The van der Waals surface area contributed by atoms with Gasteiger partial charge in [0.15, 0.2) is 6.04 Å². The molecular formula is C18H21IN2O4. The molecule has 1 heterocycles. The zero-order chi connectivity index (χ0) is 18.8. The smallest absolute Gasteiger partial charge is 0.356 e. The van der Waals surface area contributed by atoms with Crippen LogP contribution < -0.4 is 5.43 Å². The quantitative estimate of drug-likeness (QED) is 0.424. The number of hydrogen-bond donors (Lipinski definition) is 1. The Balaban J connectivity index is 2.48. The lowest BCUT2D eigenvalue weighted by atomic mass is 10.2. The van der Waals surface area contributed by atoms with E-state index in [2.05, 4.69) is 34.6 Å². The lowest BCUT2D eigenvalue weighted by Crippen LogP contribution is -2.39. The van der Waals surface area contributed by atoms with Crippen LogP contribution in [0.1, 0.15) is 31.3 Å². The zero-order valence-electron chi connectivity index (χ0n) is 14.6. The molecule has 1 N–H and O–H groups in total. The summed E-state index contributed by atoms with van der Waals surface area (Å²) in [4.78, 5) is 24.5. The third-order valence-electron chi connectivity index (χ3n) is 3.35. The summed E-state index contributed by atoms with van der Waals surface area (Å²) in [6, 6.07) is 6.57. The van der Waals surface area contributed by atoms with Crippen LogP contribution >= 0.6 is 22.6 Å². The number of hydrogen-bond acceptors (Lipinski definition) is 5. The normalized spacial score (nSPS) is 12.5. The highest BCUT2D eigenvalue weighted by Crippen LogP contribution is 2.25. The van der Waals surface area contributed by atoms with Crippen LogP contribution in [-0.2, 0) is 14.3 Å². The maximum atomic E-state index is 12.4. The average molecular weight is 456 g/mol. The number of ether oxygens (including phenoxy) is 2. The van der Waals surface area contributed by atoms with Crippen LogP contribution in [0.2, 0.25) is 0 Å². The molecule has 1 aromatic heterocycles. The molecule has 0 saturated carbocycles. The Hall–Kier alpha value is -2.03. The van der Waals surface area contributed by atoms with Gasteiger partial charge < -0.3 is 14.9 Å². The molecule has 2 rings (SSSR count). The van der Waals surface area contributed by atoms with E-state index in [9.17, 15) is 9.59 Å². The molecule has 7 heteroatoms. The molecule has 0 saturated heterocycles. The Morgan fingerprint density at radius 1 is 1.36 bits per heavy atom. The maximum Gasteiger partial charge on any atom is 0.356 e. The topological polar surface area (TPSA) is 69.6 Å². The molecule has 0 spiro atoms. The summed E-state index contributed by atoms with van der Waals surface area (Å²) in [5.41, 5.74) is 3.42. The second kappa shape index (κ2) is 7.47. The second-order valence-corrected chi connectivity index (χ2v) is 7.57. The van der Waals surface area contributed by atoms with E-state index in [1.54, 1.807) is 31.5 Å². The fraction of sp³-hybridized carbons (Fsp3) is 0.333. The van der Waals surface area contributed by atoms with Crippen molar-refractivity contribution in [2.75, 3.05) is 12.5 Å². The molecule has 2 aromatic rings. The van der Waals surface area contributed by atoms with Crippen molar-refractivity contribution in [3.05, 3.63) is 46.2 Å². The first-order valence-corrected chi connectivity index (χ1v) is 8.76. The molecule has 25 heavy (non-hydrogen) atoms. The van der Waals surface area contributed by atoms with Gasteiger partial charge in [-0.25, -0.2) is 9.59 Å². The van der Waals surface area contributed by atoms with Gasteiger partial charge in [-0.2, -0.15) is 0 Å². The van der Waals surface area contributed by atoms with Gasteiger partial charge in [-0.1, -0.05) is 12.1 Å². The van der Waals surface area contributed by atoms with Gasteiger partial charge >= 0.3 is 11.9 Å². The predicted molar refractivity (Wildman–Crippen MR) is 105 cm³/mol. The van der Waals surface area contributed by atoms with Gasteiger partial charge in [-0.15, -0.1) is 6.58 Å². The molecule has 0 radical (unpaired) electrons. The Kier molecular flexibility index (Phi) is 5.76. The van der Waals surface area contributed by atoms with E-state index in [1.807, 2.05) is 18.2 Å². The molecule has 0 amide bonds. The van der Waals surface area contributed by atoms with Gasteiger partial charge in [0.1, 0.15) is 11.3 Å². The summed E-state index contributed by atoms with van der Waals surface area (Å²) in [5.74, 6) is -0.989. The van der Waals surface area contributed by atoms with E-state index in [4.69, 9.17) is 9.47 Å². The molecule has 134 valence electrons. The van der Waals surface area contributed by atoms with Crippen LogP contribution in [-0.4, -0.2) is 35.4 Å². The van der Waals surface area contributed by atoms with Crippen molar-refractivity contribution in [2.24, 2.45) is 0 Å². The van der Waals surface area contributed by atoms with E-state index in [0.29, 0.717) is 0 Å². The second-order valence-electron chi connectivity index (χ2n) is 6.41. The number of nitrogens with zero attached hydrogens (tertiary/aromatic N) is 1. The highest BCUT2D eigenvalue weighted by Gasteiger charge is 2.25. The Bertz CT molecular complexity index is 820. The minimum Gasteiger partial charge on any atom is -0.464 e. The summed E-state index contributed by atoms with van der Waals surface area (Å²) in [7, 11) is 1.31. The summed E-state index contributed by atoms with van der Waals surface area (Å²) in [6.45, 7) is 9.06. The number of esters is 2. The highest BCUT2D eigenvalue weighted by atomic mass is 127. The Morgan fingerprint density at radius 3 is 2.60 bits per heavy atom. The van der Waals surface area contributed by atoms with Gasteiger partial charge in [0.2, 0.25) is 0 Å². The van der Waals surface area contributed by atoms with E-state index >= 15 is 0 Å². The van der Waals surface area contributed by atoms with Crippen molar-refractivity contribution in [3.8, 4) is 0 Å². The number of benzene rings is 1. The van der Waals surface area contributed by atoms with Gasteiger partial charge in [-0.05, 0) is 61.6 Å². The van der Waals surface area contributed by atoms with Gasteiger partial charge in [0, 0.05) is 8.96 Å². The molecule has 0 aliphatic heterocycles. The van der Waals surface area contributed by atoms with E-state index < -0.39 is 23.6 Å². The molecule has 0 bridgehead atoms. The Labute approximate surface area is 160 Å². The van der Waals surface area contributed by atoms with Gasteiger partial charge in [-0.3, -0.25) is 4.68 Å². The largest absolute Gasteiger partial charge is 0.464 e. The number of rotatable bonds is 5. The minimum atomic E-state index is -0.823. The molecule has 0 fully saturated rings. The molecule has 1 aromatic carbocycles. The summed E-state index contributed by atoms with van der Waals surface area (Å²) < 4.78 is 12.8. The maximum absolute atomic E-state index is 12.4. The number of halogens is 1. The van der Waals surface area contributed by atoms with Crippen molar-refractivity contribution in [2.45, 2.75) is 32.4 Å².